The van der Waals surface area contributed by atoms with Crippen LogP contribution in [0.15, 0.2) is 35.1 Å². The van der Waals surface area contributed by atoms with Crippen molar-refractivity contribution in [2.45, 2.75) is 30.7 Å². The summed E-state index contributed by atoms with van der Waals surface area (Å²) in [5.41, 5.74) is 7.31. The fraction of sp³-hybridized carbons (Fsp3) is 0.391. The Morgan fingerprint density at radius 3 is 2.31 bits per heavy atom. The monoisotopic (exact) mass is 487 g/mol. The number of carbonyl (C=O) groups is 4. The Balaban J connectivity index is 2.12. The predicted octanol–water partition coefficient (Wildman–Crippen LogP) is -1.04. The lowest BCUT2D eigenvalue weighted by molar-refractivity contribution is -0.184. The summed E-state index contributed by atoms with van der Waals surface area (Å²) in [7, 11) is 2.85. The number of rotatable bonds is 3. The molecule has 3 aliphatic carbocycles. The lowest BCUT2D eigenvalue weighted by Gasteiger charge is -2.54. The molecular weight excluding hydrogens is 462 g/mol. The number of esters is 1. The number of hydrogen-bond acceptors (Lipinski definition) is 11. The molecule has 12 heteroatoms. The van der Waals surface area contributed by atoms with E-state index in [2.05, 4.69) is 0 Å². The van der Waals surface area contributed by atoms with Crippen LogP contribution in [0.5, 0.6) is 5.75 Å². The van der Waals surface area contributed by atoms with E-state index in [1.165, 1.54) is 37.2 Å². The van der Waals surface area contributed by atoms with Gasteiger partial charge in [0.05, 0.1) is 17.5 Å². The molecule has 0 heterocycles. The molecule has 1 aromatic carbocycles. The zero-order valence-corrected chi connectivity index (χ0v) is 19.1. The second kappa shape index (κ2) is 7.90. The summed E-state index contributed by atoms with van der Waals surface area (Å²) >= 11 is 0. The molecule has 1 fully saturated rings. The van der Waals surface area contributed by atoms with Crippen molar-refractivity contribution in [1.29, 1.82) is 0 Å². The molecule has 8 N–H and O–H groups in total. The van der Waals surface area contributed by atoms with Gasteiger partial charge in [-0.15, -0.1) is 0 Å². The number of ether oxygens (including phenoxy) is 1. The fourth-order valence-corrected chi connectivity index (χ4v) is 5.63. The fourth-order valence-electron chi connectivity index (χ4n) is 5.63. The normalized spacial score (nSPS) is 32.2. The largest absolute Gasteiger partial charge is 0.508 e. The van der Waals surface area contributed by atoms with Gasteiger partial charge in [-0.05, 0) is 25.7 Å². The summed E-state index contributed by atoms with van der Waals surface area (Å²) in [6.07, 6.45) is -1.52. The molecule has 35 heavy (non-hydrogen) atoms. The van der Waals surface area contributed by atoms with E-state index in [0.29, 0.717) is 0 Å². The minimum absolute atomic E-state index is 0.169. The second-order valence-corrected chi connectivity index (χ2v) is 9.11. The Hall–Kier alpha value is -3.74. The number of carbonyl (C=O) groups excluding carboxylic acids is 4. The van der Waals surface area contributed by atoms with Gasteiger partial charge in [0, 0.05) is 24.5 Å². The quantitative estimate of drug-likeness (QED) is 0.224. The van der Waals surface area contributed by atoms with Gasteiger partial charge in [0.2, 0.25) is 5.78 Å². The topological polar surface area (TPSA) is 214 Å². The molecule has 3 aliphatic rings. The summed E-state index contributed by atoms with van der Waals surface area (Å²) in [4.78, 5) is 52.6. The highest BCUT2D eigenvalue weighted by atomic mass is 16.5. The third-order valence-electron chi connectivity index (χ3n) is 6.98. The first kappa shape index (κ1) is 24.4. The van der Waals surface area contributed by atoms with Crippen molar-refractivity contribution in [2.24, 2.45) is 23.3 Å². The van der Waals surface area contributed by atoms with Gasteiger partial charge in [-0.1, -0.05) is 12.1 Å². The Morgan fingerprint density at radius 2 is 1.77 bits per heavy atom. The molecule has 1 saturated carbocycles. The number of phenols is 1. The van der Waals surface area contributed by atoms with E-state index in [0.717, 1.165) is 6.92 Å². The number of nitrogens with two attached hydrogens (primary N) is 2. The molecule has 0 bridgehead atoms. The molecule has 0 saturated heterocycles. The number of Topliss-reactive ketones (excluding diaryl/α,β-unsaturated/α-hetero) is 2. The first-order valence-electron chi connectivity index (χ1n) is 10.7. The average Bonchev–Trinajstić information content (AvgIpc) is 2.75. The predicted molar refractivity (Wildman–Crippen MR) is 118 cm³/mol. The number of likely N-dealkylation sites (N-methyl/N-ethyl adjacent to an activating group) is 1. The summed E-state index contributed by atoms with van der Waals surface area (Å²) in [5, 5.41) is 44.1. The van der Waals surface area contributed by atoms with Crippen LogP contribution in [0.1, 0.15) is 24.1 Å². The maximum absolute atomic E-state index is 13.9. The number of aliphatic hydroxyl groups is 3. The summed E-state index contributed by atoms with van der Waals surface area (Å²) < 4.78 is 5.51. The standard InChI is InChI=1S/C23H25N3O9/c1-7(27)35-19-11-12(17(29)10-8(15(11)24)5-4-6-9(10)28)20(31)23(34)14(19)16(26(2)3)18(30)13(21(23)32)22(25)33/h4-6,11,14-16,19,28-29,32,34H,24H2,1-3H3,(H2,25,33)/t11-,14+,15-,16-,19-,23-/m0/s1. The first-order valence-corrected chi connectivity index (χ1v) is 10.7. The minimum Gasteiger partial charge on any atom is -0.508 e. The van der Waals surface area contributed by atoms with E-state index >= 15 is 0 Å². The SMILES string of the molecule is CC(=O)O[C@H]1[C@H]2C(=C(O)c3c(O)cccc3[C@@H]2N)C(=O)[C@]2(O)C(O)=C(C(N)=O)C(=O)[C@@H](N(C)C)[C@H]12. The molecule has 12 nitrogen and oxygen atoms in total. The van der Waals surface area contributed by atoms with Crippen LogP contribution >= 0.6 is 0 Å². The summed E-state index contributed by atoms with van der Waals surface area (Å²) in [6.45, 7) is 1.06. The van der Waals surface area contributed by atoms with Crippen LogP contribution in [0.3, 0.4) is 0 Å². The van der Waals surface area contributed by atoms with Crippen molar-refractivity contribution in [2.75, 3.05) is 14.1 Å². The first-order chi connectivity index (χ1) is 16.3. The number of hydrogen-bond donors (Lipinski definition) is 6. The van der Waals surface area contributed by atoms with Crippen molar-refractivity contribution in [3.8, 4) is 5.75 Å². The number of fused-ring (bicyclic) bond motifs is 3. The van der Waals surface area contributed by atoms with Crippen LogP contribution in [-0.2, 0) is 23.9 Å². The molecule has 1 amide bonds. The van der Waals surface area contributed by atoms with E-state index in [1.54, 1.807) is 0 Å². The van der Waals surface area contributed by atoms with Crippen LogP contribution in [0.2, 0.25) is 0 Å². The van der Waals surface area contributed by atoms with E-state index in [9.17, 15) is 39.6 Å². The van der Waals surface area contributed by atoms with Gasteiger partial charge in [0.1, 0.15) is 28.9 Å². The number of primary amides is 1. The van der Waals surface area contributed by atoms with Gasteiger partial charge in [-0.25, -0.2) is 0 Å². The van der Waals surface area contributed by atoms with Crippen molar-refractivity contribution >= 4 is 29.2 Å². The highest BCUT2D eigenvalue weighted by Gasteiger charge is 2.69. The van der Waals surface area contributed by atoms with Crippen molar-refractivity contribution in [3.05, 3.63) is 46.2 Å². The minimum atomic E-state index is -2.99. The van der Waals surface area contributed by atoms with Crippen LogP contribution in [0, 0.1) is 11.8 Å². The van der Waals surface area contributed by atoms with Gasteiger partial charge in [-0.2, -0.15) is 0 Å². The van der Waals surface area contributed by atoms with Gasteiger partial charge in [-0.3, -0.25) is 24.1 Å². The zero-order valence-electron chi connectivity index (χ0n) is 19.1. The highest BCUT2D eigenvalue weighted by molar-refractivity contribution is 6.24. The smallest absolute Gasteiger partial charge is 0.302 e. The summed E-state index contributed by atoms with van der Waals surface area (Å²) in [5.74, 6) is -9.86. The maximum Gasteiger partial charge on any atom is 0.302 e. The van der Waals surface area contributed by atoms with E-state index < -0.39 is 87.5 Å². The Morgan fingerprint density at radius 1 is 1.14 bits per heavy atom. The molecule has 0 spiro atoms. The maximum atomic E-state index is 13.9. The molecule has 0 aliphatic heterocycles. The molecule has 0 unspecified atom stereocenters. The van der Waals surface area contributed by atoms with Crippen LogP contribution < -0.4 is 11.5 Å². The number of ketones is 2. The van der Waals surface area contributed by atoms with Gasteiger partial charge >= 0.3 is 5.97 Å². The van der Waals surface area contributed by atoms with Crippen molar-refractivity contribution in [1.82, 2.24) is 4.90 Å². The van der Waals surface area contributed by atoms with Gasteiger partial charge < -0.3 is 36.6 Å². The Labute approximate surface area is 199 Å². The third kappa shape index (κ3) is 3.10. The summed E-state index contributed by atoms with van der Waals surface area (Å²) in [6, 6.07) is 1.63. The van der Waals surface area contributed by atoms with Crippen LogP contribution in [0.25, 0.3) is 5.76 Å². The van der Waals surface area contributed by atoms with Crippen LogP contribution in [-0.4, -0.2) is 80.6 Å². The highest BCUT2D eigenvalue weighted by Crippen LogP contribution is 2.55. The van der Waals surface area contributed by atoms with Crippen molar-refractivity contribution in [3.63, 3.8) is 0 Å². The lowest BCUT2D eigenvalue weighted by Crippen LogP contribution is -2.71. The average molecular weight is 487 g/mol. The number of aromatic hydroxyl groups is 1. The molecule has 1 aromatic rings. The molecule has 6 atom stereocenters. The molecule has 0 aromatic heterocycles. The Bertz CT molecular complexity index is 1250. The number of phenolic OH excluding ortho intramolecular Hbond substituents is 1. The number of amides is 1. The lowest BCUT2D eigenvalue weighted by atomic mass is 9.55. The second-order valence-electron chi connectivity index (χ2n) is 9.11. The molecular formula is C23H25N3O9. The van der Waals surface area contributed by atoms with E-state index in [4.69, 9.17) is 16.2 Å². The van der Waals surface area contributed by atoms with Crippen LogP contribution in [0.4, 0.5) is 0 Å². The molecule has 4 rings (SSSR count). The zero-order chi connectivity index (χ0) is 26.1. The Kier molecular flexibility index (Phi) is 5.51. The number of benzene rings is 1. The molecule has 186 valence electrons. The van der Waals surface area contributed by atoms with E-state index in [1.807, 2.05) is 0 Å². The third-order valence-corrected chi connectivity index (χ3v) is 6.98. The van der Waals surface area contributed by atoms with Gasteiger partial charge in [0.25, 0.3) is 5.91 Å². The number of nitrogens with zero attached hydrogens (tertiary/aromatic N) is 1. The van der Waals surface area contributed by atoms with E-state index in [-0.39, 0.29) is 11.1 Å². The van der Waals surface area contributed by atoms with Gasteiger partial charge in [0.15, 0.2) is 11.4 Å². The number of aliphatic hydroxyl groups excluding tert-OH is 2. The van der Waals surface area contributed by atoms with Crippen molar-refractivity contribution < 1.29 is 44.3 Å². The molecule has 0 radical (unpaired) electrons.